The maximum atomic E-state index is 10.1. The molecule has 0 aliphatic rings. The summed E-state index contributed by atoms with van der Waals surface area (Å²) in [5.74, 6) is -2.32. The highest BCUT2D eigenvalue weighted by molar-refractivity contribution is 6.31. The van der Waals surface area contributed by atoms with Crippen molar-refractivity contribution in [2.24, 2.45) is 0 Å². The molecule has 0 amide bonds. The zero-order valence-electron chi connectivity index (χ0n) is 6.90. The van der Waals surface area contributed by atoms with Gasteiger partial charge in [0.2, 0.25) is 5.75 Å². The first-order valence-corrected chi connectivity index (χ1v) is 3.94. The number of carbonyl (C=O) groups is 1. The number of benzene rings is 1. The third-order valence-corrected chi connectivity index (χ3v) is 1.57. The zero-order valence-corrected chi connectivity index (χ0v) is 7.65. The van der Waals surface area contributed by atoms with E-state index >= 15 is 0 Å². The second-order valence-corrected chi connectivity index (χ2v) is 2.89. The van der Waals surface area contributed by atoms with Crippen LogP contribution in [0.2, 0.25) is 5.02 Å². The molecule has 0 aliphatic carbocycles. The lowest BCUT2D eigenvalue weighted by Crippen LogP contribution is -2.09. The topological polar surface area (TPSA) is 87.0 Å². The Balaban J connectivity index is 2.91. The molecule has 0 spiro atoms. The molecular weight excluding hydrogens is 212 g/mol. The third kappa shape index (κ3) is 2.43. The third-order valence-electron chi connectivity index (χ3n) is 1.35. The predicted molar refractivity (Wildman–Crippen MR) is 47.9 cm³/mol. The Kier molecular flexibility index (Phi) is 3.03. The molecule has 0 atom stereocenters. The van der Waals surface area contributed by atoms with E-state index in [1.165, 1.54) is 0 Å². The Morgan fingerprint density at radius 2 is 1.86 bits per heavy atom. The molecule has 1 aromatic carbocycles. The van der Waals surface area contributed by atoms with Crippen molar-refractivity contribution in [1.29, 1.82) is 0 Å². The summed E-state index contributed by atoms with van der Waals surface area (Å²) in [5.41, 5.74) is 0. The van der Waals surface area contributed by atoms with Gasteiger partial charge >= 0.3 is 5.97 Å². The number of aromatic hydroxyl groups is 2. The second-order valence-electron chi connectivity index (χ2n) is 2.46. The first-order chi connectivity index (χ1) is 6.50. The summed E-state index contributed by atoms with van der Waals surface area (Å²) in [6.45, 7) is -0.650. The summed E-state index contributed by atoms with van der Waals surface area (Å²) in [5, 5.41) is 26.9. The summed E-state index contributed by atoms with van der Waals surface area (Å²) in [6, 6.07) is 2.27. The highest BCUT2D eigenvalue weighted by Gasteiger charge is 2.11. The summed E-state index contributed by atoms with van der Waals surface area (Å²) in [7, 11) is 0. The van der Waals surface area contributed by atoms with E-state index in [2.05, 4.69) is 4.74 Å². The van der Waals surface area contributed by atoms with E-state index in [-0.39, 0.29) is 10.8 Å². The van der Waals surface area contributed by atoms with Crippen LogP contribution >= 0.6 is 11.6 Å². The van der Waals surface area contributed by atoms with E-state index in [1.54, 1.807) is 0 Å². The van der Waals surface area contributed by atoms with Gasteiger partial charge < -0.3 is 20.1 Å². The number of carboxylic acids is 1. The number of phenols is 2. The SMILES string of the molecule is O=C(O)COc1c(O)cc(Cl)cc1O. The van der Waals surface area contributed by atoms with E-state index < -0.39 is 24.1 Å². The van der Waals surface area contributed by atoms with Crippen LogP contribution in [-0.4, -0.2) is 27.9 Å². The number of hydrogen-bond acceptors (Lipinski definition) is 4. The molecule has 14 heavy (non-hydrogen) atoms. The van der Waals surface area contributed by atoms with E-state index in [0.717, 1.165) is 12.1 Å². The average molecular weight is 219 g/mol. The highest BCUT2D eigenvalue weighted by Crippen LogP contribution is 2.38. The molecular formula is C8H7ClO5. The van der Waals surface area contributed by atoms with Crippen LogP contribution in [0.15, 0.2) is 12.1 Å². The number of carboxylic acid groups (broad SMARTS) is 1. The van der Waals surface area contributed by atoms with Crippen LogP contribution in [0.1, 0.15) is 0 Å². The van der Waals surface area contributed by atoms with Crippen LogP contribution in [0.5, 0.6) is 17.2 Å². The van der Waals surface area contributed by atoms with Gasteiger partial charge in [-0.2, -0.15) is 0 Å². The molecule has 0 aliphatic heterocycles. The first-order valence-electron chi connectivity index (χ1n) is 3.56. The van der Waals surface area contributed by atoms with Gasteiger partial charge in [0.15, 0.2) is 18.1 Å². The number of halogens is 1. The lowest BCUT2D eigenvalue weighted by molar-refractivity contribution is -0.139. The predicted octanol–water partition coefficient (Wildman–Crippen LogP) is 1.21. The molecule has 76 valence electrons. The van der Waals surface area contributed by atoms with Gasteiger partial charge in [0.1, 0.15) is 0 Å². The lowest BCUT2D eigenvalue weighted by Gasteiger charge is -2.07. The van der Waals surface area contributed by atoms with Gasteiger partial charge in [-0.25, -0.2) is 4.79 Å². The molecule has 0 bridgehead atoms. The zero-order chi connectivity index (χ0) is 10.7. The minimum absolute atomic E-state index is 0.127. The average Bonchev–Trinajstić information content (AvgIpc) is 2.01. The van der Waals surface area contributed by atoms with Crippen molar-refractivity contribution in [1.82, 2.24) is 0 Å². The molecule has 5 nitrogen and oxygen atoms in total. The number of hydrogen-bond donors (Lipinski definition) is 3. The fraction of sp³-hybridized carbons (Fsp3) is 0.125. The van der Waals surface area contributed by atoms with Crippen molar-refractivity contribution in [3.63, 3.8) is 0 Å². The van der Waals surface area contributed by atoms with E-state index in [1.807, 2.05) is 0 Å². The number of ether oxygens (including phenoxy) is 1. The Labute approximate surface area is 84.1 Å². The summed E-state index contributed by atoms with van der Waals surface area (Å²) >= 11 is 5.49. The molecule has 3 N–H and O–H groups in total. The van der Waals surface area contributed by atoms with Gasteiger partial charge in [0, 0.05) is 17.2 Å². The Morgan fingerprint density at radius 3 is 2.29 bits per heavy atom. The van der Waals surface area contributed by atoms with Crippen LogP contribution in [0.4, 0.5) is 0 Å². The van der Waals surface area contributed by atoms with E-state index in [4.69, 9.17) is 16.7 Å². The van der Waals surface area contributed by atoms with Crippen molar-refractivity contribution in [3.05, 3.63) is 17.2 Å². The minimum atomic E-state index is -1.21. The van der Waals surface area contributed by atoms with Crippen LogP contribution < -0.4 is 4.74 Å². The van der Waals surface area contributed by atoms with Crippen molar-refractivity contribution in [2.75, 3.05) is 6.61 Å². The molecule has 1 rings (SSSR count). The van der Waals surface area contributed by atoms with Crippen molar-refractivity contribution >= 4 is 17.6 Å². The Bertz CT molecular complexity index is 340. The minimum Gasteiger partial charge on any atom is -0.504 e. The monoisotopic (exact) mass is 218 g/mol. The van der Waals surface area contributed by atoms with Gasteiger partial charge in [-0.3, -0.25) is 0 Å². The lowest BCUT2D eigenvalue weighted by atomic mass is 10.3. The van der Waals surface area contributed by atoms with E-state index in [0.29, 0.717) is 0 Å². The van der Waals surface area contributed by atoms with Crippen molar-refractivity contribution in [2.45, 2.75) is 0 Å². The quantitative estimate of drug-likeness (QED) is 0.710. The second kappa shape index (κ2) is 4.06. The van der Waals surface area contributed by atoms with Gasteiger partial charge in [-0.05, 0) is 0 Å². The van der Waals surface area contributed by atoms with Gasteiger partial charge in [-0.15, -0.1) is 0 Å². The Hall–Kier alpha value is -1.62. The summed E-state index contributed by atoms with van der Waals surface area (Å²) in [4.78, 5) is 10.1. The fourth-order valence-corrected chi connectivity index (χ4v) is 1.05. The van der Waals surface area contributed by atoms with Crippen molar-refractivity contribution < 1.29 is 24.9 Å². The van der Waals surface area contributed by atoms with Gasteiger partial charge in [-0.1, -0.05) is 11.6 Å². The summed E-state index contributed by atoms with van der Waals surface area (Å²) in [6.07, 6.45) is 0. The van der Waals surface area contributed by atoms with Crippen LogP contribution in [0, 0.1) is 0 Å². The Morgan fingerprint density at radius 1 is 1.36 bits per heavy atom. The van der Waals surface area contributed by atoms with Gasteiger partial charge in [0.25, 0.3) is 0 Å². The first kappa shape index (κ1) is 10.5. The molecule has 0 fully saturated rings. The molecule has 0 aromatic heterocycles. The standard InChI is InChI=1S/C8H7ClO5/c9-4-1-5(10)8(6(11)2-4)14-3-7(12)13/h1-2,10-11H,3H2,(H,12,13). The normalized spacial score (nSPS) is 9.79. The number of aliphatic carboxylic acids is 1. The molecule has 1 aromatic rings. The van der Waals surface area contributed by atoms with Crippen LogP contribution in [0.3, 0.4) is 0 Å². The molecule has 0 saturated carbocycles. The maximum Gasteiger partial charge on any atom is 0.341 e. The molecule has 0 unspecified atom stereocenters. The molecule has 6 heteroatoms. The molecule has 0 heterocycles. The number of phenolic OH excluding ortho intramolecular Hbond substituents is 2. The number of rotatable bonds is 3. The largest absolute Gasteiger partial charge is 0.504 e. The smallest absolute Gasteiger partial charge is 0.341 e. The summed E-state index contributed by atoms with van der Waals surface area (Å²) < 4.78 is 4.63. The van der Waals surface area contributed by atoms with E-state index in [9.17, 15) is 15.0 Å². The maximum absolute atomic E-state index is 10.1. The molecule has 0 saturated heterocycles. The van der Waals surface area contributed by atoms with Crippen LogP contribution in [-0.2, 0) is 4.79 Å². The highest BCUT2D eigenvalue weighted by atomic mass is 35.5. The molecule has 0 radical (unpaired) electrons. The van der Waals surface area contributed by atoms with Crippen LogP contribution in [0.25, 0.3) is 0 Å². The fourth-order valence-electron chi connectivity index (χ4n) is 0.847. The van der Waals surface area contributed by atoms with Gasteiger partial charge in [0.05, 0.1) is 0 Å². The van der Waals surface area contributed by atoms with Crippen molar-refractivity contribution in [3.8, 4) is 17.2 Å².